The van der Waals surface area contributed by atoms with Crippen molar-refractivity contribution in [3.8, 4) is 5.75 Å². The molecule has 1 heterocycles. The Kier molecular flexibility index (Phi) is 3.89. The second-order valence-electron chi connectivity index (χ2n) is 4.27. The normalized spacial score (nSPS) is 10.6. The van der Waals surface area contributed by atoms with Gasteiger partial charge in [0.2, 0.25) is 5.95 Å². The minimum absolute atomic E-state index is 0.395. The summed E-state index contributed by atoms with van der Waals surface area (Å²) < 4.78 is 5.38. The van der Waals surface area contributed by atoms with Gasteiger partial charge in [0.05, 0.1) is 17.5 Å². The second-order valence-corrected chi connectivity index (χ2v) is 5.30. The number of ether oxygens (including phenoxy) is 1. The molecule has 0 radical (unpaired) electrons. The topological polar surface area (TPSA) is 73.1 Å². The van der Waals surface area contributed by atoms with E-state index in [1.54, 1.807) is 7.11 Å². The van der Waals surface area contributed by atoms with Gasteiger partial charge < -0.3 is 4.74 Å². The summed E-state index contributed by atoms with van der Waals surface area (Å²) in [5.74, 6) is 6.66. The zero-order valence-corrected chi connectivity index (χ0v) is 12.2. The number of nitrogens with zero attached hydrogens (tertiary/aromatic N) is 2. The Balaban J connectivity index is 2.11. The summed E-state index contributed by atoms with van der Waals surface area (Å²) in [6, 6.07) is 15.7. The smallest absolute Gasteiger partial charge is 0.238 e. The van der Waals surface area contributed by atoms with Crippen LogP contribution in [0, 0.1) is 0 Å². The first-order valence-electron chi connectivity index (χ1n) is 6.36. The molecule has 3 aromatic rings. The number of nitrogen functional groups attached to an aromatic ring is 1. The number of methoxy groups -OCH3 is 1. The first-order valence-corrected chi connectivity index (χ1v) is 7.17. The molecule has 21 heavy (non-hydrogen) atoms. The third kappa shape index (κ3) is 2.76. The van der Waals surface area contributed by atoms with Crippen molar-refractivity contribution in [2.45, 2.75) is 9.92 Å². The predicted octanol–water partition coefficient (Wildman–Crippen LogP) is 3.08. The summed E-state index contributed by atoms with van der Waals surface area (Å²) in [4.78, 5) is 9.79. The molecule has 106 valence electrons. The molecule has 6 heteroatoms. The van der Waals surface area contributed by atoms with Crippen molar-refractivity contribution in [1.82, 2.24) is 9.97 Å². The number of hydrazine groups is 1. The molecular formula is C15H14N4OS. The number of benzene rings is 2. The van der Waals surface area contributed by atoms with Crippen molar-refractivity contribution in [3.05, 3.63) is 48.5 Å². The van der Waals surface area contributed by atoms with Crippen LogP contribution in [0.4, 0.5) is 5.95 Å². The SMILES string of the molecule is COc1ccccc1Sc1nc(NN)nc2ccccc12. The number of nitrogens with one attached hydrogen (secondary N) is 1. The second kappa shape index (κ2) is 5.99. The van der Waals surface area contributed by atoms with Gasteiger partial charge in [-0.25, -0.2) is 15.8 Å². The highest BCUT2D eigenvalue weighted by Crippen LogP contribution is 2.37. The fourth-order valence-corrected chi connectivity index (χ4v) is 3.02. The fraction of sp³-hybridized carbons (Fsp3) is 0.0667. The summed E-state index contributed by atoms with van der Waals surface area (Å²) >= 11 is 1.53. The molecule has 0 aliphatic heterocycles. The lowest BCUT2D eigenvalue weighted by Gasteiger charge is -2.10. The van der Waals surface area contributed by atoms with Crippen molar-refractivity contribution in [2.24, 2.45) is 5.84 Å². The highest BCUT2D eigenvalue weighted by Gasteiger charge is 2.11. The van der Waals surface area contributed by atoms with E-state index < -0.39 is 0 Å². The van der Waals surface area contributed by atoms with E-state index in [4.69, 9.17) is 10.6 Å². The van der Waals surface area contributed by atoms with Gasteiger partial charge in [-0.3, -0.25) is 5.43 Å². The molecule has 3 N–H and O–H groups in total. The van der Waals surface area contributed by atoms with Gasteiger partial charge in [0.15, 0.2) is 0 Å². The zero-order valence-electron chi connectivity index (χ0n) is 11.4. The Labute approximate surface area is 126 Å². The molecule has 0 spiro atoms. The molecule has 0 unspecified atom stereocenters. The summed E-state index contributed by atoms with van der Waals surface area (Å²) in [7, 11) is 1.66. The van der Waals surface area contributed by atoms with Crippen molar-refractivity contribution >= 4 is 28.6 Å². The lowest BCUT2D eigenvalue weighted by atomic mass is 10.2. The van der Waals surface area contributed by atoms with Crippen molar-refractivity contribution in [3.63, 3.8) is 0 Å². The quantitative estimate of drug-likeness (QED) is 0.438. The minimum Gasteiger partial charge on any atom is -0.496 e. The van der Waals surface area contributed by atoms with Gasteiger partial charge in [-0.15, -0.1) is 0 Å². The minimum atomic E-state index is 0.395. The number of hydrogen-bond donors (Lipinski definition) is 2. The van der Waals surface area contributed by atoms with Crippen molar-refractivity contribution < 1.29 is 4.74 Å². The number of fused-ring (bicyclic) bond motifs is 1. The molecule has 0 atom stereocenters. The largest absolute Gasteiger partial charge is 0.496 e. The Morgan fingerprint density at radius 3 is 2.62 bits per heavy atom. The van der Waals surface area contributed by atoms with Crippen LogP contribution in [0.5, 0.6) is 5.75 Å². The van der Waals surface area contributed by atoms with Crippen LogP contribution in [0.1, 0.15) is 0 Å². The molecule has 0 saturated carbocycles. The molecule has 1 aromatic heterocycles. The number of anilines is 1. The van der Waals surface area contributed by atoms with Gasteiger partial charge in [0.25, 0.3) is 0 Å². The molecule has 3 rings (SSSR count). The molecule has 2 aromatic carbocycles. The number of aromatic nitrogens is 2. The van der Waals surface area contributed by atoms with Crippen molar-refractivity contribution in [2.75, 3.05) is 12.5 Å². The van der Waals surface area contributed by atoms with Crippen LogP contribution in [-0.2, 0) is 0 Å². The fourth-order valence-electron chi connectivity index (χ4n) is 2.00. The Morgan fingerprint density at radius 2 is 1.81 bits per heavy atom. The Morgan fingerprint density at radius 1 is 1.05 bits per heavy atom. The summed E-state index contributed by atoms with van der Waals surface area (Å²) in [5, 5.41) is 1.81. The molecule has 0 bridgehead atoms. The average molecular weight is 298 g/mol. The molecule has 0 aliphatic carbocycles. The maximum Gasteiger partial charge on any atom is 0.238 e. The molecule has 0 fully saturated rings. The van der Waals surface area contributed by atoms with E-state index in [1.807, 2.05) is 48.5 Å². The van der Waals surface area contributed by atoms with E-state index in [1.165, 1.54) is 11.8 Å². The van der Waals surface area contributed by atoms with Gasteiger partial charge in [-0.05, 0) is 18.2 Å². The summed E-state index contributed by atoms with van der Waals surface area (Å²) in [6.07, 6.45) is 0. The van der Waals surface area contributed by atoms with Gasteiger partial charge in [-0.2, -0.15) is 0 Å². The highest BCUT2D eigenvalue weighted by molar-refractivity contribution is 7.99. The van der Waals surface area contributed by atoms with Crippen LogP contribution in [0.3, 0.4) is 0 Å². The molecular weight excluding hydrogens is 284 g/mol. The highest BCUT2D eigenvalue weighted by atomic mass is 32.2. The third-order valence-corrected chi connectivity index (χ3v) is 4.03. The number of para-hydroxylation sites is 2. The van der Waals surface area contributed by atoms with E-state index in [-0.39, 0.29) is 0 Å². The van der Waals surface area contributed by atoms with E-state index in [0.29, 0.717) is 5.95 Å². The standard InChI is InChI=1S/C15H14N4OS/c1-20-12-8-4-5-9-13(12)21-14-10-6-2-3-7-11(10)17-15(18-14)19-16/h2-9H,16H2,1H3,(H,17,18,19). The summed E-state index contributed by atoms with van der Waals surface area (Å²) in [5.41, 5.74) is 3.35. The van der Waals surface area contributed by atoms with Crippen LogP contribution in [0.15, 0.2) is 58.5 Å². The van der Waals surface area contributed by atoms with Gasteiger partial charge in [-0.1, -0.05) is 42.1 Å². The van der Waals surface area contributed by atoms with Gasteiger partial charge >= 0.3 is 0 Å². The molecule has 0 amide bonds. The third-order valence-electron chi connectivity index (χ3n) is 2.97. The van der Waals surface area contributed by atoms with Crippen LogP contribution >= 0.6 is 11.8 Å². The lowest BCUT2D eigenvalue weighted by molar-refractivity contribution is 0.405. The molecule has 5 nitrogen and oxygen atoms in total. The average Bonchev–Trinajstić information content (AvgIpc) is 2.55. The summed E-state index contributed by atoms with van der Waals surface area (Å²) in [6.45, 7) is 0. The first-order chi connectivity index (χ1) is 10.3. The number of nitrogens with two attached hydrogens (primary N) is 1. The van der Waals surface area contributed by atoms with Crippen LogP contribution in [-0.4, -0.2) is 17.1 Å². The van der Waals surface area contributed by atoms with Gasteiger partial charge in [0.1, 0.15) is 10.8 Å². The van der Waals surface area contributed by atoms with Crippen LogP contribution < -0.4 is 16.0 Å². The monoisotopic (exact) mass is 298 g/mol. The van der Waals surface area contributed by atoms with E-state index >= 15 is 0 Å². The van der Waals surface area contributed by atoms with E-state index in [2.05, 4.69) is 15.4 Å². The zero-order chi connectivity index (χ0) is 14.7. The molecule has 0 aliphatic rings. The Hall–Kier alpha value is -2.31. The van der Waals surface area contributed by atoms with Gasteiger partial charge in [0, 0.05) is 5.39 Å². The van der Waals surface area contributed by atoms with Crippen molar-refractivity contribution in [1.29, 1.82) is 0 Å². The maximum atomic E-state index is 5.45. The first kappa shape index (κ1) is 13.7. The van der Waals surface area contributed by atoms with Crippen LogP contribution in [0.2, 0.25) is 0 Å². The number of rotatable bonds is 4. The Bertz CT molecular complexity index is 778. The van der Waals surface area contributed by atoms with E-state index in [0.717, 1.165) is 26.6 Å². The lowest BCUT2D eigenvalue weighted by Crippen LogP contribution is -2.10. The predicted molar refractivity (Wildman–Crippen MR) is 84.5 cm³/mol. The number of hydrogen-bond acceptors (Lipinski definition) is 6. The maximum absolute atomic E-state index is 5.45. The molecule has 0 saturated heterocycles. The van der Waals surface area contributed by atoms with Crippen LogP contribution in [0.25, 0.3) is 10.9 Å². The van der Waals surface area contributed by atoms with E-state index in [9.17, 15) is 0 Å².